The molecule has 16 heavy (non-hydrogen) atoms. The van der Waals surface area contributed by atoms with Crippen LogP contribution in [-0.4, -0.2) is 18.1 Å². The maximum absolute atomic E-state index is 13.1. The molecule has 4 heteroatoms. The van der Waals surface area contributed by atoms with Gasteiger partial charge in [0.1, 0.15) is 0 Å². The minimum absolute atomic E-state index is 0.00291. The zero-order valence-electron chi connectivity index (χ0n) is 9.34. The average Bonchev–Trinajstić information content (AvgIpc) is 2.29. The van der Waals surface area contributed by atoms with Crippen molar-refractivity contribution in [2.45, 2.75) is 19.8 Å². The molecule has 1 rings (SSSR count). The smallest absolute Gasteiger partial charge is 0.200 e. The van der Waals surface area contributed by atoms with Crippen molar-refractivity contribution in [1.82, 2.24) is 0 Å². The maximum Gasteiger partial charge on any atom is 0.200 e. The first-order valence-electron chi connectivity index (χ1n) is 5.40. The lowest BCUT2D eigenvalue weighted by atomic mass is 10.3. The van der Waals surface area contributed by atoms with Gasteiger partial charge in [0.25, 0.3) is 0 Å². The minimum atomic E-state index is -0.898. The lowest BCUT2D eigenvalue weighted by molar-refractivity contribution is 0.289. The summed E-state index contributed by atoms with van der Waals surface area (Å²) in [5.41, 5.74) is 0. The number of ether oxygens (including phenoxy) is 1. The molecule has 0 bridgehead atoms. The van der Waals surface area contributed by atoms with E-state index in [0.717, 1.165) is 30.4 Å². The molecule has 0 fully saturated rings. The third kappa shape index (κ3) is 4.39. The summed E-state index contributed by atoms with van der Waals surface area (Å²) in [7, 11) is 0. The van der Waals surface area contributed by atoms with Crippen LogP contribution < -0.4 is 4.74 Å². The SMILES string of the molecule is CCSCCCCOc1cccc(F)c1F. The van der Waals surface area contributed by atoms with Crippen molar-refractivity contribution < 1.29 is 13.5 Å². The highest BCUT2D eigenvalue weighted by Gasteiger charge is 2.07. The summed E-state index contributed by atoms with van der Waals surface area (Å²) < 4.78 is 31.1. The summed E-state index contributed by atoms with van der Waals surface area (Å²) in [4.78, 5) is 0. The number of benzene rings is 1. The van der Waals surface area contributed by atoms with E-state index in [1.165, 1.54) is 12.1 Å². The number of halogens is 2. The summed E-state index contributed by atoms with van der Waals surface area (Å²) in [5, 5.41) is 0. The Hall–Kier alpha value is -0.770. The fraction of sp³-hybridized carbons (Fsp3) is 0.500. The molecule has 0 aromatic heterocycles. The predicted molar refractivity (Wildman–Crippen MR) is 64.1 cm³/mol. The van der Waals surface area contributed by atoms with Crippen molar-refractivity contribution in [3.8, 4) is 5.75 Å². The molecule has 0 heterocycles. The predicted octanol–water partition coefficient (Wildman–Crippen LogP) is 3.88. The molecular weight excluding hydrogens is 230 g/mol. The zero-order chi connectivity index (χ0) is 11.8. The molecule has 0 saturated heterocycles. The Morgan fingerprint density at radius 3 is 2.81 bits per heavy atom. The standard InChI is InChI=1S/C12H16F2OS/c1-2-16-9-4-3-8-15-11-7-5-6-10(13)12(11)14/h5-7H,2-4,8-9H2,1H3. The van der Waals surface area contributed by atoms with Gasteiger partial charge in [0.05, 0.1) is 6.61 Å². The largest absolute Gasteiger partial charge is 0.490 e. The van der Waals surface area contributed by atoms with E-state index >= 15 is 0 Å². The van der Waals surface area contributed by atoms with Crippen molar-refractivity contribution >= 4 is 11.8 Å². The lowest BCUT2D eigenvalue weighted by Gasteiger charge is -2.07. The Bertz CT molecular complexity index is 318. The fourth-order valence-electron chi connectivity index (χ4n) is 1.23. The maximum atomic E-state index is 13.1. The Balaban J connectivity index is 2.24. The second kappa shape index (κ2) is 7.49. The van der Waals surface area contributed by atoms with Crippen LogP contribution in [0.4, 0.5) is 8.78 Å². The van der Waals surface area contributed by atoms with Crippen molar-refractivity contribution in [2.75, 3.05) is 18.1 Å². The van der Waals surface area contributed by atoms with Crippen molar-refractivity contribution in [3.63, 3.8) is 0 Å². The molecule has 0 spiro atoms. The molecular formula is C12H16F2OS. The van der Waals surface area contributed by atoms with Gasteiger partial charge in [0.15, 0.2) is 11.6 Å². The highest BCUT2D eigenvalue weighted by molar-refractivity contribution is 7.99. The first-order chi connectivity index (χ1) is 7.75. The van der Waals surface area contributed by atoms with Gasteiger partial charge in [-0.15, -0.1) is 0 Å². The molecule has 90 valence electrons. The van der Waals surface area contributed by atoms with Gasteiger partial charge >= 0.3 is 0 Å². The Morgan fingerprint density at radius 2 is 2.06 bits per heavy atom. The summed E-state index contributed by atoms with van der Waals surface area (Å²) in [6.45, 7) is 2.55. The topological polar surface area (TPSA) is 9.23 Å². The van der Waals surface area contributed by atoms with Crippen LogP contribution in [0.1, 0.15) is 19.8 Å². The second-order valence-corrected chi connectivity index (χ2v) is 4.70. The van der Waals surface area contributed by atoms with Crippen LogP contribution in [0.15, 0.2) is 18.2 Å². The number of hydrogen-bond acceptors (Lipinski definition) is 2. The lowest BCUT2D eigenvalue weighted by Crippen LogP contribution is -2.01. The van der Waals surface area contributed by atoms with E-state index < -0.39 is 11.6 Å². The van der Waals surface area contributed by atoms with Gasteiger partial charge in [0, 0.05) is 0 Å². The molecule has 1 aromatic rings. The van der Waals surface area contributed by atoms with Crippen molar-refractivity contribution in [2.24, 2.45) is 0 Å². The van der Waals surface area contributed by atoms with Gasteiger partial charge in [0.2, 0.25) is 5.82 Å². The third-order valence-electron chi connectivity index (χ3n) is 2.06. The average molecular weight is 246 g/mol. The van der Waals surface area contributed by atoms with Crippen LogP contribution in [0.3, 0.4) is 0 Å². The van der Waals surface area contributed by atoms with Gasteiger partial charge in [-0.25, -0.2) is 4.39 Å². The van der Waals surface area contributed by atoms with Gasteiger partial charge in [-0.1, -0.05) is 13.0 Å². The van der Waals surface area contributed by atoms with Crippen LogP contribution in [0, 0.1) is 11.6 Å². The molecule has 0 radical (unpaired) electrons. The number of rotatable bonds is 7. The van der Waals surface area contributed by atoms with Crippen LogP contribution in [0.5, 0.6) is 5.75 Å². The van der Waals surface area contributed by atoms with E-state index in [-0.39, 0.29) is 5.75 Å². The van der Waals surface area contributed by atoms with E-state index in [0.29, 0.717) is 6.61 Å². The van der Waals surface area contributed by atoms with E-state index in [9.17, 15) is 8.78 Å². The second-order valence-electron chi connectivity index (χ2n) is 3.30. The van der Waals surface area contributed by atoms with Gasteiger partial charge < -0.3 is 4.74 Å². The third-order valence-corrected chi connectivity index (χ3v) is 3.05. The van der Waals surface area contributed by atoms with E-state index in [1.54, 1.807) is 0 Å². The molecule has 0 amide bonds. The molecule has 0 aliphatic heterocycles. The zero-order valence-corrected chi connectivity index (χ0v) is 10.2. The summed E-state index contributed by atoms with van der Waals surface area (Å²) in [5.74, 6) is 0.442. The normalized spacial score (nSPS) is 10.4. The fourth-order valence-corrected chi connectivity index (χ4v) is 1.93. The molecule has 0 aliphatic rings. The Morgan fingerprint density at radius 1 is 1.25 bits per heavy atom. The van der Waals surface area contributed by atoms with Crippen LogP contribution >= 0.6 is 11.8 Å². The van der Waals surface area contributed by atoms with Crippen molar-refractivity contribution in [3.05, 3.63) is 29.8 Å². The Labute approximate surface area is 99.2 Å². The number of hydrogen-bond donors (Lipinski definition) is 0. The van der Waals surface area contributed by atoms with Crippen LogP contribution in [0.2, 0.25) is 0 Å². The summed E-state index contributed by atoms with van der Waals surface area (Å²) >= 11 is 1.87. The van der Waals surface area contributed by atoms with Crippen LogP contribution in [-0.2, 0) is 0 Å². The molecule has 0 N–H and O–H groups in total. The van der Waals surface area contributed by atoms with Gasteiger partial charge in [-0.3, -0.25) is 0 Å². The Kier molecular flexibility index (Phi) is 6.23. The molecule has 0 unspecified atom stereocenters. The summed E-state index contributed by atoms with van der Waals surface area (Å²) in [6.07, 6.45) is 1.90. The molecule has 1 aromatic carbocycles. The van der Waals surface area contributed by atoms with Gasteiger partial charge in [-0.2, -0.15) is 16.2 Å². The van der Waals surface area contributed by atoms with Crippen LogP contribution in [0.25, 0.3) is 0 Å². The molecule has 0 atom stereocenters. The number of unbranched alkanes of at least 4 members (excludes halogenated alkanes) is 1. The first kappa shape index (κ1) is 13.3. The quantitative estimate of drug-likeness (QED) is 0.675. The molecule has 1 nitrogen and oxygen atoms in total. The first-order valence-corrected chi connectivity index (χ1v) is 6.55. The highest BCUT2D eigenvalue weighted by atomic mass is 32.2. The number of thioether (sulfide) groups is 1. The van der Waals surface area contributed by atoms with E-state index in [4.69, 9.17) is 4.74 Å². The van der Waals surface area contributed by atoms with Gasteiger partial charge in [-0.05, 0) is 36.5 Å². The minimum Gasteiger partial charge on any atom is -0.490 e. The highest BCUT2D eigenvalue weighted by Crippen LogP contribution is 2.19. The molecule has 0 aliphatic carbocycles. The van der Waals surface area contributed by atoms with E-state index in [2.05, 4.69) is 6.92 Å². The molecule has 0 saturated carbocycles. The van der Waals surface area contributed by atoms with E-state index in [1.807, 2.05) is 11.8 Å². The van der Waals surface area contributed by atoms with Crippen molar-refractivity contribution in [1.29, 1.82) is 0 Å². The monoisotopic (exact) mass is 246 g/mol. The summed E-state index contributed by atoms with van der Waals surface area (Å²) in [6, 6.07) is 3.97.